The second-order valence-corrected chi connectivity index (χ2v) is 4.42. The van der Waals surface area contributed by atoms with Crippen LogP contribution in [0.5, 0.6) is 5.75 Å². The van der Waals surface area contributed by atoms with Crippen molar-refractivity contribution in [2.75, 3.05) is 20.2 Å². The van der Waals surface area contributed by atoms with E-state index in [2.05, 4.69) is 18.1 Å². The zero-order valence-electron chi connectivity index (χ0n) is 11.6. The number of nitrogens with one attached hydrogen (secondary N) is 1. The molecule has 4 nitrogen and oxygen atoms in total. The third-order valence-corrected chi connectivity index (χ3v) is 3.05. The molecule has 0 aliphatic heterocycles. The van der Waals surface area contributed by atoms with Crippen molar-refractivity contribution in [1.82, 2.24) is 9.88 Å². The molecule has 0 spiro atoms. The summed E-state index contributed by atoms with van der Waals surface area (Å²) in [6.07, 6.45) is 3.40. The SMILES string of the molecule is C=CCN(CC=C)C(=O)c1cc2ccc(OC)cc2[nH]1. The van der Waals surface area contributed by atoms with Gasteiger partial charge in [-0.05, 0) is 18.2 Å². The van der Waals surface area contributed by atoms with Crippen LogP contribution in [-0.4, -0.2) is 36.0 Å². The van der Waals surface area contributed by atoms with Crippen molar-refractivity contribution in [3.05, 3.63) is 55.3 Å². The van der Waals surface area contributed by atoms with Crippen LogP contribution in [0.3, 0.4) is 0 Å². The maximum absolute atomic E-state index is 12.4. The van der Waals surface area contributed by atoms with Crippen LogP contribution >= 0.6 is 0 Å². The van der Waals surface area contributed by atoms with E-state index in [1.165, 1.54) is 0 Å². The summed E-state index contributed by atoms with van der Waals surface area (Å²) < 4.78 is 5.17. The minimum absolute atomic E-state index is 0.0695. The van der Waals surface area contributed by atoms with Gasteiger partial charge in [0.25, 0.3) is 5.91 Å². The second-order valence-electron chi connectivity index (χ2n) is 4.42. The van der Waals surface area contributed by atoms with Gasteiger partial charge in [-0.2, -0.15) is 0 Å². The number of carbonyl (C=O) groups is 1. The van der Waals surface area contributed by atoms with Gasteiger partial charge >= 0.3 is 0 Å². The fraction of sp³-hybridized carbons (Fsp3) is 0.188. The molecular weight excluding hydrogens is 252 g/mol. The van der Waals surface area contributed by atoms with E-state index in [1.807, 2.05) is 24.3 Å². The van der Waals surface area contributed by atoms with Crippen LogP contribution in [0.2, 0.25) is 0 Å². The Bertz CT molecular complexity index is 633. The molecule has 0 aliphatic carbocycles. The Morgan fingerprint density at radius 1 is 1.30 bits per heavy atom. The highest BCUT2D eigenvalue weighted by atomic mass is 16.5. The number of rotatable bonds is 6. The highest BCUT2D eigenvalue weighted by Gasteiger charge is 2.15. The molecule has 2 rings (SSSR count). The smallest absolute Gasteiger partial charge is 0.270 e. The van der Waals surface area contributed by atoms with Gasteiger partial charge in [0.2, 0.25) is 0 Å². The molecule has 1 aromatic carbocycles. The van der Waals surface area contributed by atoms with E-state index in [4.69, 9.17) is 4.74 Å². The Morgan fingerprint density at radius 2 is 2.00 bits per heavy atom. The van der Waals surface area contributed by atoms with E-state index in [0.29, 0.717) is 18.8 Å². The molecule has 20 heavy (non-hydrogen) atoms. The van der Waals surface area contributed by atoms with Crippen LogP contribution in [0.1, 0.15) is 10.5 Å². The number of ether oxygens (including phenoxy) is 1. The van der Waals surface area contributed by atoms with Crippen LogP contribution in [-0.2, 0) is 0 Å². The molecule has 104 valence electrons. The van der Waals surface area contributed by atoms with Gasteiger partial charge in [-0.15, -0.1) is 13.2 Å². The zero-order chi connectivity index (χ0) is 14.5. The van der Waals surface area contributed by atoms with Crippen molar-refractivity contribution >= 4 is 16.8 Å². The first-order valence-corrected chi connectivity index (χ1v) is 6.37. The molecule has 0 saturated heterocycles. The quantitative estimate of drug-likeness (QED) is 0.820. The molecule has 0 aliphatic rings. The molecule has 0 unspecified atom stereocenters. The van der Waals surface area contributed by atoms with Gasteiger partial charge in [-0.3, -0.25) is 4.79 Å². The van der Waals surface area contributed by atoms with Gasteiger partial charge < -0.3 is 14.6 Å². The molecule has 4 heteroatoms. The first-order valence-electron chi connectivity index (χ1n) is 6.37. The summed E-state index contributed by atoms with van der Waals surface area (Å²) >= 11 is 0. The van der Waals surface area contributed by atoms with Crippen molar-refractivity contribution in [3.63, 3.8) is 0 Å². The predicted octanol–water partition coefficient (Wildman–Crippen LogP) is 2.99. The van der Waals surface area contributed by atoms with E-state index < -0.39 is 0 Å². The summed E-state index contributed by atoms with van der Waals surface area (Å²) in [7, 11) is 1.62. The summed E-state index contributed by atoms with van der Waals surface area (Å²) in [5.74, 6) is 0.687. The van der Waals surface area contributed by atoms with E-state index in [-0.39, 0.29) is 5.91 Å². The fourth-order valence-electron chi connectivity index (χ4n) is 2.07. The van der Waals surface area contributed by atoms with Crippen molar-refractivity contribution in [3.8, 4) is 5.75 Å². The number of fused-ring (bicyclic) bond motifs is 1. The third kappa shape index (κ3) is 2.74. The maximum Gasteiger partial charge on any atom is 0.270 e. The van der Waals surface area contributed by atoms with Gasteiger partial charge in [0.15, 0.2) is 0 Å². The highest BCUT2D eigenvalue weighted by Crippen LogP contribution is 2.21. The summed E-state index contributed by atoms with van der Waals surface area (Å²) in [6.45, 7) is 8.32. The molecule has 0 radical (unpaired) electrons. The third-order valence-electron chi connectivity index (χ3n) is 3.05. The van der Waals surface area contributed by atoms with Gasteiger partial charge in [0.05, 0.1) is 7.11 Å². The Labute approximate surface area is 118 Å². The topological polar surface area (TPSA) is 45.3 Å². The van der Waals surface area contributed by atoms with Crippen LogP contribution in [0, 0.1) is 0 Å². The number of hydrogen-bond donors (Lipinski definition) is 1. The van der Waals surface area contributed by atoms with Crippen molar-refractivity contribution in [1.29, 1.82) is 0 Å². The Balaban J connectivity index is 2.33. The lowest BCUT2D eigenvalue weighted by Gasteiger charge is -2.18. The molecule has 2 aromatic rings. The molecule has 1 N–H and O–H groups in total. The summed E-state index contributed by atoms with van der Waals surface area (Å²) in [5.41, 5.74) is 1.43. The second kappa shape index (κ2) is 6.10. The average molecular weight is 270 g/mol. The summed E-state index contributed by atoms with van der Waals surface area (Å²) in [6, 6.07) is 7.51. The van der Waals surface area contributed by atoms with Crippen LogP contribution < -0.4 is 4.74 Å². The molecule has 1 heterocycles. The Kier molecular flexibility index (Phi) is 4.25. The lowest BCUT2D eigenvalue weighted by atomic mass is 10.2. The molecule has 0 saturated carbocycles. The lowest BCUT2D eigenvalue weighted by molar-refractivity contribution is 0.0786. The highest BCUT2D eigenvalue weighted by molar-refractivity contribution is 5.98. The Morgan fingerprint density at radius 3 is 2.60 bits per heavy atom. The number of carbonyl (C=O) groups excluding carboxylic acids is 1. The molecule has 1 aromatic heterocycles. The molecular formula is C16H18N2O2. The lowest BCUT2D eigenvalue weighted by Crippen LogP contribution is -2.31. The number of hydrogen-bond acceptors (Lipinski definition) is 2. The van der Waals surface area contributed by atoms with Gasteiger partial charge in [0, 0.05) is 30.1 Å². The van der Waals surface area contributed by atoms with E-state index >= 15 is 0 Å². The van der Waals surface area contributed by atoms with Gasteiger partial charge in [-0.1, -0.05) is 12.2 Å². The fourth-order valence-corrected chi connectivity index (χ4v) is 2.07. The predicted molar refractivity (Wildman–Crippen MR) is 81.1 cm³/mol. The first-order chi connectivity index (χ1) is 9.69. The number of benzene rings is 1. The zero-order valence-corrected chi connectivity index (χ0v) is 11.6. The van der Waals surface area contributed by atoms with E-state index in [9.17, 15) is 4.79 Å². The minimum atomic E-state index is -0.0695. The first kappa shape index (κ1) is 13.9. The summed E-state index contributed by atoms with van der Waals surface area (Å²) in [5, 5.41) is 0.978. The van der Waals surface area contributed by atoms with E-state index in [0.717, 1.165) is 16.7 Å². The number of amides is 1. The number of methoxy groups -OCH3 is 1. The average Bonchev–Trinajstić information content (AvgIpc) is 2.89. The van der Waals surface area contributed by atoms with Crippen LogP contribution in [0.15, 0.2) is 49.6 Å². The van der Waals surface area contributed by atoms with Crippen LogP contribution in [0.4, 0.5) is 0 Å². The molecule has 0 bridgehead atoms. The Hall–Kier alpha value is -2.49. The summed E-state index contributed by atoms with van der Waals surface area (Å²) in [4.78, 5) is 17.2. The number of aromatic amines is 1. The minimum Gasteiger partial charge on any atom is -0.497 e. The number of nitrogens with zero attached hydrogens (tertiary/aromatic N) is 1. The molecule has 0 fully saturated rings. The normalized spacial score (nSPS) is 10.2. The standard InChI is InChI=1S/C16H18N2O2/c1-4-8-18(9-5-2)16(19)15-10-12-6-7-13(20-3)11-14(12)17-15/h4-7,10-11,17H,1-2,8-9H2,3H3. The van der Waals surface area contributed by atoms with Crippen molar-refractivity contribution < 1.29 is 9.53 Å². The monoisotopic (exact) mass is 270 g/mol. The van der Waals surface area contributed by atoms with Gasteiger partial charge in [-0.25, -0.2) is 0 Å². The maximum atomic E-state index is 12.4. The van der Waals surface area contributed by atoms with Crippen LogP contribution in [0.25, 0.3) is 10.9 Å². The molecule has 0 atom stereocenters. The molecule has 1 amide bonds. The largest absolute Gasteiger partial charge is 0.497 e. The van der Waals surface area contributed by atoms with Gasteiger partial charge in [0.1, 0.15) is 11.4 Å². The number of H-pyrrole nitrogens is 1. The van der Waals surface area contributed by atoms with E-state index in [1.54, 1.807) is 24.2 Å². The number of aromatic nitrogens is 1. The van der Waals surface area contributed by atoms with Crippen molar-refractivity contribution in [2.24, 2.45) is 0 Å². The van der Waals surface area contributed by atoms with Crippen molar-refractivity contribution in [2.45, 2.75) is 0 Å².